The normalized spacial score (nSPS) is 9.20. The van der Waals surface area contributed by atoms with Crippen LogP contribution in [0.2, 0.25) is 0 Å². The van der Waals surface area contributed by atoms with E-state index < -0.39 is 5.91 Å². The Morgan fingerprint density at radius 2 is 2.27 bits per heavy atom. The van der Waals surface area contributed by atoms with E-state index in [0.29, 0.717) is 0 Å². The largest absolute Gasteiger partial charge is 0.392 e. The maximum absolute atomic E-state index is 10.4. The van der Waals surface area contributed by atoms with Gasteiger partial charge in [0.15, 0.2) is 0 Å². The van der Waals surface area contributed by atoms with E-state index in [4.69, 9.17) is 10.8 Å². The number of amides is 1. The minimum Gasteiger partial charge on any atom is -0.392 e. The van der Waals surface area contributed by atoms with Gasteiger partial charge in [0, 0.05) is 5.56 Å². The van der Waals surface area contributed by atoms with Crippen LogP contribution < -0.4 is 5.73 Å². The summed E-state index contributed by atoms with van der Waals surface area (Å²) in [6.07, 6.45) is 0.0579. The first kappa shape index (κ1) is 11.3. The van der Waals surface area contributed by atoms with Crippen LogP contribution in [-0.4, -0.2) is 11.0 Å². The van der Waals surface area contributed by atoms with Crippen molar-refractivity contribution >= 4 is 5.91 Å². The molecule has 0 aliphatic rings. The molecule has 1 aromatic carbocycles. The Labute approximate surface area is 88.9 Å². The summed E-state index contributed by atoms with van der Waals surface area (Å²) < 4.78 is 0. The maximum Gasteiger partial charge on any atom is 0.229 e. The molecule has 78 valence electrons. The second-order valence-corrected chi connectivity index (χ2v) is 3.24. The molecule has 0 saturated heterocycles. The van der Waals surface area contributed by atoms with E-state index in [2.05, 4.69) is 11.8 Å². The van der Waals surface area contributed by atoms with Crippen LogP contribution in [0.3, 0.4) is 0 Å². The molecule has 0 radical (unpaired) electrons. The molecule has 0 fully saturated rings. The number of primary amides is 1. The van der Waals surface area contributed by atoms with E-state index in [-0.39, 0.29) is 13.0 Å². The topological polar surface area (TPSA) is 63.3 Å². The summed E-state index contributed by atoms with van der Waals surface area (Å²) in [5.41, 5.74) is 7.61. The van der Waals surface area contributed by atoms with Crippen LogP contribution >= 0.6 is 0 Å². The Morgan fingerprint density at radius 1 is 1.53 bits per heavy atom. The molecular weight excluding hydrogens is 190 g/mol. The predicted molar refractivity (Wildman–Crippen MR) is 57.8 cm³/mol. The Kier molecular flexibility index (Phi) is 3.90. The van der Waals surface area contributed by atoms with Gasteiger partial charge in [-0.1, -0.05) is 17.9 Å². The van der Waals surface area contributed by atoms with Crippen LogP contribution in [0.5, 0.6) is 0 Å². The van der Waals surface area contributed by atoms with Crippen molar-refractivity contribution in [2.75, 3.05) is 0 Å². The van der Waals surface area contributed by atoms with E-state index in [1.54, 1.807) is 0 Å². The van der Waals surface area contributed by atoms with Gasteiger partial charge >= 0.3 is 0 Å². The summed E-state index contributed by atoms with van der Waals surface area (Å²) in [5.74, 6) is 5.05. The minimum atomic E-state index is -0.433. The number of carbonyl (C=O) groups is 1. The first-order valence-corrected chi connectivity index (χ1v) is 4.61. The molecule has 0 atom stereocenters. The number of hydrogen-bond acceptors (Lipinski definition) is 2. The van der Waals surface area contributed by atoms with Crippen LogP contribution in [0.4, 0.5) is 0 Å². The molecule has 0 aliphatic heterocycles. The van der Waals surface area contributed by atoms with Crippen molar-refractivity contribution < 1.29 is 9.90 Å². The zero-order chi connectivity index (χ0) is 11.3. The molecule has 0 aromatic heterocycles. The SMILES string of the molecule is Cc1ccc(C#CCC(N)=O)cc1CO. The van der Waals surface area contributed by atoms with Gasteiger partial charge in [-0.25, -0.2) is 0 Å². The van der Waals surface area contributed by atoms with Crippen molar-refractivity contribution in [1.29, 1.82) is 0 Å². The molecule has 0 aliphatic carbocycles. The van der Waals surface area contributed by atoms with Crippen LogP contribution in [0.15, 0.2) is 18.2 Å². The highest BCUT2D eigenvalue weighted by Crippen LogP contribution is 2.10. The highest BCUT2D eigenvalue weighted by molar-refractivity contribution is 5.76. The summed E-state index contributed by atoms with van der Waals surface area (Å²) >= 11 is 0. The Bertz CT molecular complexity index is 427. The fourth-order valence-electron chi connectivity index (χ4n) is 1.15. The lowest BCUT2D eigenvalue weighted by Gasteiger charge is -2.01. The Balaban J connectivity index is 2.85. The molecule has 1 aromatic rings. The van der Waals surface area contributed by atoms with Gasteiger partial charge in [-0.3, -0.25) is 4.79 Å². The number of carbonyl (C=O) groups excluding carboxylic acids is 1. The standard InChI is InChI=1S/C12H13NO2/c1-9-5-6-10(7-11(9)8-14)3-2-4-12(13)15/h5-7,14H,4,8H2,1H3,(H2,13,15). The number of benzene rings is 1. The molecule has 1 amide bonds. The third kappa shape index (κ3) is 3.45. The lowest BCUT2D eigenvalue weighted by atomic mass is 10.1. The molecule has 15 heavy (non-hydrogen) atoms. The fourth-order valence-corrected chi connectivity index (χ4v) is 1.15. The van der Waals surface area contributed by atoms with Crippen LogP contribution in [0.1, 0.15) is 23.1 Å². The number of rotatable bonds is 2. The third-order valence-corrected chi connectivity index (χ3v) is 2.01. The van der Waals surface area contributed by atoms with E-state index in [1.165, 1.54) is 0 Å². The maximum atomic E-state index is 10.4. The average molecular weight is 203 g/mol. The van der Waals surface area contributed by atoms with Crippen LogP contribution in [0, 0.1) is 18.8 Å². The number of aliphatic hydroxyl groups excluding tert-OH is 1. The van der Waals surface area contributed by atoms with Gasteiger partial charge in [-0.2, -0.15) is 0 Å². The van der Waals surface area contributed by atoms with Crippen molar-refractivity contribution in [2.45, 2.75) is 20.0 Å². The smallest absolute Gasteiger partial charge is 0.229 e. The second kappa shape index (κ2) is 5.18. The van der Waals surface area contributed by atoms with Crippen molar-refractivity contribution in [3.63, 3.8) is 0 Å². The number of aryl methyl sites for hydroxylation is 1. The first-order valence-electron chi connectivity index (χ1n) is 4.61. The quantitative estimate of drug-likeness (QED) is 0.695. The summed E-state index contributed by atoms with van der Waals surface area (Å²) in [6, 6.07) is 5.55. The second-order valence-electron chi connectivity index (χ2n) is 3.24. The number of hydrogen-bond donors (Lipinski definition) is 2. The molecule has 0 spiro atoms. The van der Waals surface area contributed by atoms with Gasteiger partial charge in [0.1, 0.15) is 0 Å². The average Bonchev–Trinajstić information content (AvgIpc) is 2.20. The van der Waals surface area contributed by atoms with Gasteiger partial charge < -0.3 is 10.8 Å². The Morgan fingerprint density at radius 3 is 2.87 bits per heavy atom. The first-order chi connectivity index (χ1) is 7.13. The number of nitrogens with two attached hydrogens (primary N) is 1. The van der Waals surface area contributed by atoms with Crippen LogP contribution in [0.25, 0.3) is 0 Å². The fraction of sp³-hybridized carbons (Fsp3) is 0.250. The van der Waals surface area contributed by atoms with Crippen LogP contribution in [-0.2, 0) is 11.4 Å². The summed E-state index contributed by atoms with van der Waals surface area (Å²) in [5, 5.41) is 9.03. The zero-order valence-corrected chi connectivity index (χ0v) is 8.58. The van der Waals surface area contributed by atoms with E-state index in [1.807, 2.05) is 25.1 Å². The van der Waals surface area contributed by atoms with Gasteiger partial charge in [-0.15, -0.1) is 0 Å². The highest BCUT2D eigenvalue weighted by Gasteiger charge is 1.97. The molecule has 3 N–H and O–H groups in total. The molecule has 3 nitrogen and oxygen atoms in total. The summed E-state index contributed by atoms with van der Waals surface area (Å²) in [4.78, 5) is 10.4. The van der Waals surface area contributed by atoms with E-state index >= 15 is 0 Å². The molecular formula is C12H13NO2. The lowest BCUT2D eigenvalue weighted by Crippen LogP contribution is -2.08. The van der Waals surface area contributed by atoms with Gasteiger partial charge in [-0.05, 0) is 30.2 Å². The van der Waals surface area contributed by atoms with Crippen molar-refractivity contribution in [3.8, 4) is 11.8 Å². The van der Waals surface area contributed by atoms with Gasteiger partial charge in [0.2, 0.25) is 5.91 Å². The highest BCUT2D eigenvalue weighted by atomic mass is 16.3. The molecule has 3 heteroatoms. The Hall–Kier alpha value is -1.79. The monoisotopic (exact) mass is 203 g/mol. The zero-order valence-electron chi connectivity index (χ0n) is 8.58. The summed E-state index contributed by atoms with van der Waals surface area (Å²) in [7, 11) is 0. The van der Waals surface area contributed by atoms with Gasteiger partial charge in [0.25, 0.3) is 0 Å². The van der Waals surface area contributed by atoms with Crippen molar-refractivity contribution in [1.82, 2.24) is 0 Å². The molecule has 0 unspecified atom stereocenters. The molecule has 0 heterocycles. The van der Waals surface area contributed by atoms with Crippen molar-refractivity contribution in [2.24, 2.45) is 5.73 Å². The number of aliphatic hydroxyl groups is 1. The lowest BCUT2D eigenvalue weighted by molar-refractivity contribution is -0.117. The van der Waals surface area contributed by atoms with Gasteiger partial charge in [0.05, 0.1) is 13.0 Å². The molecule has 0 saturated carbocycles. The van der Waals surface area contributed by atoms with Crippen molar-refractivity contribution in [3.05, 3.63) is 34.9 Å². The summed E-state index contributed by atoms with van der Waals surface area (Å²) in [6.45, 7) is 1.92. The van der Waals surface area contributed by atoms with E-state index in [9.17, 15) is 4.79 Å². The molecule has 0 bridgehead atoms. The van der Waals surface area contributed by atoms with E-state index in [0.717, 1.165) is 16.7 Å². The predicted octanol–water partition coefficient (Wildman–Crippen LogP) is 0.714. The minimum absolute atomic E-state index is 0.00280. The molecule has 1 rings (SSSR count). The third-order valence-electron chi connectivity index (χ3n) is 2.01.